The van der Waals surface area contributed by atoms with E-state index in [4.69, 9.17) is 0 Å². The first-order chi connectivity index (χ1) is 8.16. The summed E-state index contributed by atoms with van der Waals surface area (Å²) in [6.45, 7) is 2.36. The molecule has 0 atom stereocenters. The Bertz CT molecular complexity index is 417. The van der Waals surface area contributed by atoms with Gasteiger partial charge in [0.2, 0.25) is 0 Å². The summed E-state index contributed by atoms with van der Waals surface area (Å²) >= 11 is 0. The lowest BCUT2D eigenvalue weighted by atomic mass is 10.1. The van der Waals surface area contributed by atoms with Gasteiger partial charge in [-0.3, -0.25) is 15.0 Å². The van der Waals surface area contributed by atoms with Crippen LogP contribution in [0, 0.1) is 15.9 Å². The highest BCUT2D eigenvalue weighted by Crippen LogP contribution is 2.20. The fourth-order valence-electron chi connectivity index (χ4n) is 2.15. The smallest absolute Gasteiger partial charge is 0.269 e. The van der Waals surface area contributed by atoms with Gasteiger partial charge in [-0.2, -0.15) is 0 Å². The summed E-state index contributed by atoms with van der Waals surface area (Å²) in [6, 6.07) is 3.72. The van der Waals surface area contributed by atoms with Crippen molar-refractivity contribution in [3.8, 4) is 0 Å². The van der Waals surface area contributed by atoms with Gasteiger partial charge in [0.05, 0.1) is 4.92 Å². The van der Waals surface area contributed by atoms with Gasteiger partial charge in [0.25, 0.3) is 5.69 Å². The van der Waals surface area contributed by atoms with Gasteiger partial charge in [-0.15, -0.1) is 0 Å². The minimum absolute atomic E-state index is 0.0431. The summed E-state index contributed by atoms with van der Waals surface area (Å²) in [6.07, 6.45) is 3.46. The number of rotatable bonds is 3. The van der Waals surface area contributed by atoms with Crippen LogP contribution in [0.5, 0.6) is 0 Å². The normalized spacial score (nSPS) is 17.0. The van der Waals surface area contributed by atoms with Crippen LogP contribution in [-0.4, -0.2) is 22.9 Å². The summed E-state index contributed by atoms with van der Waals surface area (Å²) in [5.74, 6) is -0.360. The number of nitro groups is 1. The van der Waals surface area contributed by atoms with Crippen molar-refractivity contribution in [3.05, 3.63) is 39.7 Å². The second-order valence-corrected chi connectivity index (χ2v) is 4.37. The van der Waals surface area contributed by atoms with Gasteiger partial charge in [-0.05, 0) is 32.0 Å². The lowest BCUT2D eigenvalue weighted by Gasteiger charge is -2.26. The molecule has 1 aliphatic rings. The molecule has 5 heteroatoms. The minimum Gasteiger partial charge on any atom is -0.299 e. The molecule has 1 heterocycles. The molecule has 0 amide bonds. The van der Waals surface area contributed by atoms with Crippen molar-refractivity contribution in [2.45, 2.75) is 25.8 Å². The van der Waals surface area contributed by atoms with E-state index in [1.807, 2.05) is 0 Å². The third-order valence-corrected chi connectivity index (χ3v) is 3.08. The molecule has 0 unspecified atom stereocenters. The van der Waals surface area contributed by atoms with Gasteiger partial charge in [-0.25, -0.2) is 4.39 Å². The van der Waals surface area contributed by atoms with E-state index in [-0.39, 0.29) is 11.5 Å². The molecule has 1 aliphatic heterocycles. The summed E-state index contributed by atoms with van der Waals surface area (Å²) in [5, 5.41) is 10.6. The molecule has 0 aliphatic carbocycles. The first-order valence-electron chi connectivity index (χ1n) is 5.82. The molecular formula is C12H15FN2O2. The Kier molecular flexibility index (Phi) is 3.68. The van der Waals surface area contributed by atoms with Crippen LogP contribution in [0.4, 0.5) is 10.1 Å². The summed E-state index contributed by atoms with van der Waals surface area (Å²) in [5.41, 5.74) is 0.375. The fraction of sp³-hybridized carbons (Fsp3) is 0.500. The third-order valence-electron chi connectivity index (χ3n) is 3.08. The highest BCUT2D eigenvalue weighted by Gasteiger charge is 2.15. The van der Waals surface area contributed by atoms with E-state index in [0.29, 0.717) is 12.1 Å². The Balaban J connectivity index is 2.13. The largest absolute Gasteiger partial charge is 0.299 e. The van der Waals surface area contributed by atoms with E-state index >= 15 is 0 Å². The van der Waals surface area contributed by atoms with Crippen LogP contribution in [0.3, 0.4) is 0 Å². The Hall–Kier alpha value is -1.49. The molecule has 2 rings (SSSR count). The average Bonchev–Trinajstić information content (AvgIpc) is 2.33. The predicted octanol–water partition coefficient (Wildman–Crippen LogP) is 2.72. The number of nitrogens with zero attached hydrogens (tertiary/aromatic N) is 2. The van der Waals surface area contributed by atoms with Gasteiger partial charge in [0.1, 0.15) is 5.82 Å². The van der Waals surface area contributed by atoms with Crippen molar-refractivity contribution in [1.29, 1.82) is 0 Å². The zero-order chi connectivity index (χ0) is 12.3. The number of nitro benzene ring substituents is 1. The molecule has 0 saturated carbocycles. The highest BCUT2D eigenvalue weighted by molar-refractivity contribution is 5.35. The molecule has 1 aromatic rings. The Morgan fingerprint density at radius 2 is 2.00 bits per heavy atom. The molecule has 17 heavy (non-hydrogen) atoms. The molecule has 0 bridgehead atoms. The molecule has 0 N–H and O–H groups in total. The standard InChI is InChI=1S/C12H15FN2O2/c13-12-5-4-11(15(16)17)8-10(12)9-14-6-2-1-3-7-14/h4-5,8H,1-3,6-7,9H2. The zero-order valence-corrected chi connectivity index (χ0v) is 9.56. The lowest BCUT2D eigenvalue weighted by Crippen LogP contribution is -2.29. The molecule has 4 nitrogen and oxygen atoms in total. The summed E-state index contributed by atoms with van der Waals surface area (Å²) in [7, 11) is 0. The maximum absolute atomic E-state index is 13.5. The van der Waals surface area contributed by atoms with E-state index in [1.165, 1.54) is 24.6 Å². The van der Waals surface area contributed by atoms with Crippen LogP contribution in [0.15, 0.2) is 18.2 Å². The van der Waals surface area contributed by atoms with Crippen LogP contribution in [-0.2, 0) is 6.54 Å². The minimum atomic E-state index is -0.487. The number of non-ortho nitro benzene ring substituents is 1. The maximum Gasteiger partial charge on any atom is 0.269 e. The van der Waals surface area contributed by atoms with E-state index < -0.39 is 4.92 Å². The SMILES string of the molecule is O=[N+]([O-])c1ccc(F)c(CN2CCCCC2)c1. The van der Waals surface area contributed by atoms with Crippen molar-refractivity contribution in [2.24, 2.45) is 0 Å². The van der Waals surface area contributed by atoms with Crippen LogP contribution < -0.4 is 0 Å². The Labute approximate surface area is 99.2 Å². The van der Waals surface area contributed by atoms with Crippen molar-refractivity contribution in [2.75, 3.05) is 13.1 Å². The van der Waals surface area contributed by atoms with Crippen LogP contribution in [0.25, 0.3) is 0 Å². The van der Waals surface area contributed by atoms with Crippen molar-refractivity contribution in [3.63, 3.8) is 0 Å². The van der Waals surface area contributed by atoms with Gasteiger partial charge >= 0.3 is 0 Å². The number of benzene rings is 1. The molecule has 1 fully saturated rings. The van der Waals surface area contributed by atoms with Gasteiger partial charge in [0, 0.05) is 24.2 Å². The number of hydrogen-bond donors (Lipinski definition) is 0. The summed E-state index contributed by atoms with van der Waals surface area (Å²) in [4.78, 5) is 12.3. The van der Waals surface area contributed by atoms with Gasteiger partial charge in [0.15, 0.2) is 0 Å². The van der Waals surface area contributed by atoms with Crippen molar-refractivity contribution < 1.29 is 9.31 Å². The number of hydrogen-bond acceptors (Lipinski definition) is 3. The van der Waals surface area contributed by atoms with Crippen molar-refractivity contribution >= 4 is 5.69 Å². The number of halogens is 1. The van der Waals surface area contributed by atoms with E-state index in [1.54, 1.807) is 0 Å². The Morgan fingerprint density at radius 3 is 2.65 bits per heavy atom. The highest BCUT2D eigenvalue weighted by atomic mass is 19.1. The van der Waals surface area contributed by atoms with Crippen LogP contribution >= 0.6 is 0 Å². The fourth-order valence-corrected chi connectivity index (χ4v) is 2.15. The lowest BCUT2D eigenvalue weighted by molar-refractivity contribution is -0.385. The second-order valence-electron chi connectivity index (χ2n) is 4.37. The zero-order valence-electron chi connectivity index (χ0n) is 9.56. The first kappa shape index (κ1) is 12.0. The van der Waals surface area contributed by atoms with Gasteiger partial charge in [-0.1, -0.05) is 6.42 Å². The monoisotopic (exact) mass is 238 g/mol. The maximum atomic E-state index is 13.5. The Morgan fingerprint density at radius 1 is 1.29 bits per heavy atom. The first-order valence-corrected chi connectivity index (χ1v) is 5.82. The topological polar surface area (TPSA) is 46.4 Å². The molecule has 1 saturated heterocycles. The molecule has 92 valence electrons. The van der Waals surface area contributed by atoms with E-state index in [0.717, 1.165) is 25.9 Å². The second kappa shape index (κ2) is 5.23. The molecular weight excluding hydrogens is 223 g/mol. The molecule has 0 radical (unpaired) electrons. The third kappa shape index (κ3) is 3.00. The molecule has 0 spiro atoms. The number of likely N-dealkylation sites (tertiary alicyclic amines) is 1. The predicted molar refractivity (Wildman–Crippen MR) is 62.2 cm³/mol. The van der Waals surface area contributed by atoms with Crippen LogP contribution in [0.1, 0.15) is 24.8 Å². The average molecular weight is 238 g/mol. The van der Waals surface area contributed by atoms with Crippen molar-refractivity contribution in [1.82, 2.24) is 4.90 Å². The van der Waals surface area contributed by atoms with Gasteiger partial charge < -0.3 is 0 Å². The van der Waals surface area contributed by atoms with Crippen LogP contribution in [0.2, 0.25) is 0 Å². The van der Waals surface area contributed by atoms with E-state index in [2.05, 4.69) is 4.90 Å². The van der Waals surface area contributed by atoms with E-state index in [9.17, 15) is 14.5 Å². The molecule has 0 aromatic heterocycles. The quantitative estimate of drug-likeness (QED) is 0.600. The number of piperidine rings is 1. The molecule has 1 aromatic carbocycles. The summed E-state index contributed by atoms with van der Waals surface area (Å²) < 4.78 is 13.5.